The summed E-state index contributed by atoms with van der Waals surface area (Å²) in [5, 5.41) is 13.7. The maximum atomic E-state index is 10.2. The van der Waals surface area contributed by atoms with Gasteiger partial charge in [-0.1, -0.05) is 12.8 Å². The SMILES string of the molecule is NCC1CCCCC1NCC1(O)CCOC1. The van der Waals surface area contributed by atoms with Crippen molar-refractivity contribution in [1.82, 2.24) is 5.32 Å². The maximum Gasteiger partial charge on any atom is 0.102 e. The quantitative estimate of drug-likeness (QED) is 0.645. The van der Waals surface area contributed by atoms with Crippen molar-refractivity contribution in [3.63, 3.8) is 0 Å². The minimum atomic E-state index is -0.642. The van der Waals surface area contributed by atoms with Crippen LogP contribution >= 0.6 is 0 Å². The smallest absolute Gasteiger partial charge is 0.102 e. The topological polar surface area (TPSA) is 67.5 Å². The van der Waals surface area contributed by atoms with Crippen LogP contribution in [0.3, 0.4) is 0 Å². The van der Waals surface area contributed by atoms with Crippen molar-refractivity contribution in [3.05, 3.63) is 0 Å². The second kappa shape index (κ2) is 5.45. The summed E-state index contributed by atoms with van der Waals surface area (Å²) in [7, 11) is 0. The first-order valence-corrected chi connectivity index (χ1v) is 6.47. The first-order chi connectivity index (χ1) is 7.73. The Bertz CT molecular complexity index is 217. The van der Waals surface area contributed by atoms with Gasteiger partial charge in [0.1, 0.15) is 5.60 Å². The predicted octanol–water partition coefficient (Wildman–Crippen LogP) is 0.245. The van der Waals surface area contributed by atoms with Gasteiger partial charge in [-0.3, -0.25) is 0 Å². The van der Waals surface area contributed by atoms with E-state index in [4.69, 9.17) is 10.5 Å². The highest BCUT2D eigenvalue weighted by Crippen LogP contribution is 2.25. The molecule has 2 fully saturated rings. The Morgan fingerprint density at radius 1 is 1.38 bits per heavy atom. The molecule has 94 valence electrons. The summed E-state index contributed by atoms with van der Waals surface area (Å²) in [6, 6.07) is 0.489. The van der Waals surface area contributed by atoms with Crippen LogP contribution in [0.2, 0.25) is 0 Å². The van der Waals surface area contributed by atoms with Crippen molar-refractivity contribution < 1.29 is 9.84 Å². The number of nitrogens with two attached hydrogens (primary N) is 1. The average Bonchev–Trinajstić information content (AvgIpc) is 2.74. The lowest BCUT2D eigenvalue weighted by molar-refractivity contribution is 0.0217. The molecule has 2 rings (SSSR count). The van der Waals surface area contributed by atoms with Gasteiger partial charge in [0.15, 0.2) is 0 Å². The van der Waals surface area contributed by atoms with Crippen molar-refractivity contribution >= 4 is 0 Å². The Morgan fingerprint density at radius 3 is 2.88 bits per heavy atom. The van der Waals surface area contributed by atoms with Gasteiger partial charge in [0.25, 0.3) is 0 Å². The van der Waals surface area contributed by atoms with E-state index >= 15 is 0 Å². The van der Waals surface area contributed by atoms with E-state index in [0.29, 0.717) is 31.7 Å². The largest absolute Gasteiger partial charge is 0.386 e. The second-order valence-electron chi connectivity index (χ2n) is 5.29. The number of ether oxygens (including phenoxy) is 1. The number of hydrogen-bond acceptors (Lipinski definition) is 4. The molecule has 0 radical (unpaired) electrons. The molecule has 3 unspecified atom stereocenters. The zero-order chi connectivity index (χ0) is 11.4. The predicted molar refractivity (Wildman–Crippen MR) is 63.2 cm³/mol. The van der Waals surface area contributed by atoms with Crippen LogP contribution < -0.4 is 11.1 Å². The molecule has 4 nitrogen and oxygen atoms in total. The molecule has 1 saturated carbocycles. The Kier molecular flexibility index (Phi) is 4.19. The van der Waals surface area contributed by atoms with Crippen LogP contribution in [0, 0.1) is 5.92 Å². The van der Waals surface area contributed by atoms with E-state index in [1.165, 1.54) is 25.7 Å². The van der Waals surface area contributed by atoms with Gasteiger partial charge in [0, 0.05) is 25.6 Å². The lowest BCUT2D eigenvalue weighted by Crippen LogP contribution is -2.49. The summed E-state index contributed by atoms with van der Waals surface area (Å²) in [6.07, 6.45) is 5.75. The highest BCUT2D eigenvalue weighted by Gasteiger charge is 2.33. The highest BCUT2D eigenvalue weighted by atomic mass is 16.5. The molecular formula is C12H24N2O2. The average molecular weight is 228 g/mol. The minimum Gasteiger partial charge on any atom is -0.386 e. The van der Waals surface area contributed by atoms with Gasteiger partial charge in [-0.05, 0) is 25.3 Å². The van der Waals surface area contributed by atoms with Gasteiger partial charge in [-0.15, -0.1) is 0 Å². The Hall–Kier alpha value is -0.160. The van der Waals surface area contributed by atoms with Crippen LogP contribution in [-0.4, -0.2) is 43.1 Å². The summed E-state index contributed by atoms with van der Waals surface area (Å²) in [5.41, 5.74) is 5.14. The molecule has 3 atom stereocenters. The molecule has 1 saturated heterocycles. The molecular weight excluding hydrogens is 204 g/mol. The van der Waals surface area contributed by atoms with Gasteiger partial charge in [0.05, 0.1) is 6.61 Å². The third kappa shape index (κ3) is 2.94. The second-order valence-corrected chi connectivity index (χ2v) is 5.29. The fraction of sp³-hybridized carbons (Fsp3) is 1.00. The minimum absolute atomic E-state index is 0.472. The standard InChI is InChI=1S/C12H24N2O2/c13-7-10-3-1-2-4-11(10)14-8-12(15)5-6-16-9-12/h10-11,14-15H,1-9,13H2. The molecule has 0 bridgehead atoms. The van der Waals surface area contributed by atoms with Crippen molar-refractivity contribution in [2.24, 2.45) is 11.7 Å². The molecule has 0 amide bonds. The molecule has 0 aromatic heterocycles. The highest BCUT2D eigenvalue weighted by molar-refractivity contribution is 4.89. The van der Waals surface area contributed by atoms with Gasteiger partial charge >= 0.3 is 0 Å². The summed E-state index contributed by atoms with van der Waals surface area (Å²) in [4.78, 5) is 0. The van der Waals surface area contributed by atoms with Gasteiger partial charge in [0.2, 0.25) is 0 Å². The normalized spacial score (nSPS) is 40.1. The van der Waals surface area contributed by atoms with E-state index in [2.05, 4.69) is 5.32 Å². The van der Waals surface area contributed by atoms with Gasteiger partial charge < -0.3 is 20.9 Å². The molecule has 0 aromatic carbocycles. The molecule has 1 aliphatic carbocycles. The molecule has 1 aliphatic heterocycles. The van der Waals surface area contributed by atoms with Crippen molar-refractivity contribution in [2.45, 2.75) is 43.7 Å². The van der Waals surface area contributed by atoms with E-state index in [9.17, 15) is 5.11 Å². The molecule has 2 aliphatic rings. The van der Waals surface area contributed by atoms with Gasteiger partial charge in [-0.25, -0.2) is 0 Å². The lowest BCUT2D eigenvalue weighted by atomic mass is 9.84. The Morgan fingerprint density at radius 2 is 2.19 bits per heavy atom. The summed E-state index contributed by atoms with van der Waals surface area (Å²) >= 11 is 0. The number of aliphatic hydroxyl groups is 1. The lowest BCUT2D eigenvalue weighted by Gasteiger charge is -2.33. The molecule has 4 heteroatoms. The summed E-state index contributed by atoms with van der Waals surface area (Å²) in [6.45, 7) is 2.56. The third-order valence-electron chi connectivity index (χ3n) is 3.99. The Labute approximate surface area is 97.5 Å². The van der Waals surface area contributed by atoms with Crippen LogP contribution in [0.15, 0.2) is 0 Å². The zero-order valence-corrected chi connectivity index (χ0v) is 9.95. The van der Waals surface area contributed by atoms with Crippen molar-refractivity contribution in [3.8, 4) is 0 Å². The number of hydrogen-bond donors (Lipinski definition) is 3. The fourth-order valence-corrected chi connectivity index (χ4v) is 2.82. The fourth-order valence-electron chi connectivity index (χ4n) is 2.82. The summed E-state index contributed by atoms with van der Waals surface area (Å²) < 4.78 is 5.24. The molecule has 0 spiro atoms. The number of nitrogens with one attached hydrogen (secondary N) is 1. The monoisotopic (exact) mass is 228 g/mol. The maximum absolute atomic E-state index is 10.2. The van der Waals surface area contributed by atoms with E-state index < -0.39 is 5.60 Å². The first-order valence-electron chi connectivity index (χ1n) is 6.47. The molecule has 16 heavy (non-hydrogen) atoms. The van der Waals surface area contributed by atoms with Crippen LogP contribution in [0.4, 0.5) is 0 Å². The van der Waals surface area contributed by atoms with Crippen LogP contribution in [0.25, 0.3) is 0 Å². The van der Waals surface area contributed by atoms with Gasteiger partial charge in [-0.2, -0.15) is 0 Å². The Balaban J connectivity index is 1.79. The molecule has 4 N–H and O–H groups in total. The molecule has 1 heterocycles. The van der Waals surface area contributed by atoms with Crippen LogP contribution in [-0.2, 0) is 4.74 Å². The van der Waals surface area contributed by atoms with E-state index in [1.807, 2.05) is 0 Å². The van der Waals surface area contributed by atoms with E-state index in [1.54, 1.807) is 0 Å². The van der Waals surface area contributed by atoms with E-state index in [-0.39, 0.29) is 0 Å². The first kappa shape index (κ1) is 12.3. The summed E-state index contributed by atoms with van der Waals surface area (Å²) in [5.74, 6) is 0.583. The zero-order valence-electron chi connectivity index (χ0n) is 9.95. The molecule has 0 aromatic rings. The third-order valence-corrected chi connectivity index (χ3v) is 3.99. The van der Waals surface area contributed by atoms with E-state index in [0.717, 1.165) is 13.0 Å². The van der Waals surface area contributed by atoms with Crippen molar-refractivity contribution in [2.75, 3.05) is 26.3 Å². The number of rotatable bonds is 4. The van der Waals surface area contributed by atoms with Crippen LogP contribution in [0.5, 0.6) is 0 Å². The van der Waals surface area contributed by atoms with Crippen molar-refractivity contribution in [1.29, 1.82) is 0 Å². The van der Waals surface area contributed by atoms with Crippen LogP contribution in [0.1, 0.15) is 32.1 Å².